The molecule has 0 saturated carbocycles. The van der Waals surface area contributed by atoms with E-state index < -0.39 is 0 Å². The van der Waals surface area contributed by atoms with Crippen LogP contribution in [0.1, 0.15) is 29.2 Å². The number of aromatic nitrogens is 1. The van der Waals surface area contributed by atoms with Gasteiger partial charge in [0.2, 0.25) is 5.91 Å². The lowest BCUT2D eigenvalue weighted by molar-refractivity contribution is -0.119. The minimum Gasteiger partial charge on any atom is -0.372 e. The van der Waals surface area contributed by atoms with Crippen LogP contribution >= 0.6 is 24.0 Å². The molecule has 1 amide bonds. The van der Waals surface area contributed by atoms with Gasteiger partial charge >= 0.3 is 0 Å². The molecule has 0 bridgehead atoms. The number of amides is 1. The van der Waals surface area contributed by atoms with Gasteiger partial charge in [0.05, 0.1) is 30.4 Å². The molecule has 0 unspecified atom stereocenters. The molecular formula is C21H24Cl2N4O3. The van der Waals surface area contributed by atoms with E-state index in [1.165, 1.54) is 0 Å². The van der Waals surface area contributed by atoms with Gasteiger partial charge in [0.15, 0.2) is 0 Å². The smallest absolute Gasteiger partial charge is 0.259 e. The first kappa shape index (κ1) is 22.5. The molecule has 160 valence electrons. The molecule has 0 radical (unpaired) electrons. The number of nitrogens with one attached hydrogen (secondary N) is 2. The Kier molecular flexibility index (Phi) is 7.31. The number of hydrogen-bond acceptors (Lipinski definition) is 5. The number of halogens is 2. The molecule has 1 saturated heterocycles. The number of rotatable bonds is 4. The van der Waals surface area contributed by atoms with Crippen molar-refractivity contribution in [1.82, 2.24) is 15.3 Å². The minimum absolute atomic E-state index is 0. The Morgan fingerprint density at radius 2 is 2.13 bits per heavy atom. The molecule has 2 atom stereocenters. The Bertz CT molecular complexity index is 1020. The van der Waals surface area contributed by atoms with E-state index in [0.29, 0.717) is 36.0 Å². The van der Waals surface area contributed by atoms with Gasteiger partial charge in [-0.3, -0.25) is 9.59 Å². The first-order valence-corrected chi connectivity index (χ1v) is 10.0. The quantitative estimate of drug-likeness (QED) is 0.748. The van der Waals surface area contributed by atoms with Crippen LogP contribution in [0.25, 0.3) is 0 Å². The van der Waals surface area contributed by atoms with E-state index in [1.807, 2.05) is 31.2 Å². The van der Waals surface area contributed by atoms with E-state index in [-0.39, 0.29) is 42.3 Å². The van der Waals surface area contributed by atoms with Gasteiger partial charge in [-0.05, 0) is 36.2 Å². The highest BCUT2D eigenvalue weighted by molar-refractivity contribution is 6.31. The van der Waals surface area contributed by atoms with Crippen LogP contribution in [0.2, 0.25) is 5.02 Å². The summed E-state index contributed by atoms with van der Waals surface area (Å²) in [5, 5.41) is 8.08. The average molecular weight is 451 g/mol. The van der Waals surface area contributed by atoms with E-state index in [2.05, 4.69) is 15.8 Å². The fourth-order valence-electron chi connectivity index (χ4n) is 3.77. The summed E-state index contributed by atoms with van der Waals surface area (Å²) in [5.74, 6) is -0.165. The van der Waals surface area contributed by atoms with Gasteiger partial charge in [0, 0.05) is 36.8 Å². The lowest BCUT2D eigenvalue weighted by Gasteiger charge is -2.26. The van der Waals surface area contributed by atoms with Gasteiger partial charge in [0.1, 0.15) is 0 Å². The number of carbonyl (C=O) groups excluding carboxylic acids is 1. The van der Waals surface area contributed by atoms with Gasteiger partial charge in [-0.25, -0.2) is 5.43 Å². The van der Waals surface area contributed by atoms with Crippen LogP contribution in [0, 0.1) is 12.8 Å². The van der Waals surface area contributed by atoms with Crippen molar-refractivity contribution in [2.24, 2.45) is 11.0 Å². The monoisotopic (exact) mass is 450 g/mol. The zero-order valence-corrected chi connectivity index (χ0v) is 18.1. The van der Waals surface area contributed by atoms with E-state index >= 15 is 0 Å². The van der Waals surface area contributed by atoms with Crippen molar-refractivity contribution in [2.75, 3.05) is 19.7 Å². The molecule has 2 aliphatic rings. The summed E-state index contributed by atoms with van der Waals surface area (Å²) in [6.45, 7) is 4.51. The molecule has 4 rings (SSSR count). The lowest BCUT2D eigenvalue weighted by atomic mass is 9.94. The third kappa shape index (κ3) is 4.75. The molecule has 3 heterocycles. The van der Waals surface area contributed by atoms with Crippen molar-refractivity contribution >= 4 is 35.6 Å². The highest BCUT2D eigenvalue weighted by Crippen LogP contribution is 2.31. The molecule has 30 heavy (non-hydrogen) atoms. The highest BCUT2D eigenvalue weighted by Gasteiger charge is 2.28. The Labute approximate surface area is 185 Å². The number of benzene rings is 1. The Hall–Kier alpha value is -2.19. The van der Waals surface area contributed by atoms with E-state index in [4.69, 9.17) is 16.3 Å². The van der Waals surface area contributed by atoms with Crippen LogP contribution in [0.4, 0.5) is 0 Å². The zero-order chi connectivity index (χ0) is 20.4. The van der Waals surface area contributed by atoms with Crippen LogP contribution in [0.15, 0.2) is 46.4 Å². The molecule has 0 aliphatic carbocycles. The number of aryl methyl sites for hydroxylation is 1. The van der Waals surface area contributed by atoms with Crippen molar-refractivity contribution in [3.8, 4) is 0 Å². The number of nitrogens with zero attached hydrogens (tertiary/aromatic N) is 2. The fourth-order valence-corrected chi connectivity index (χ4v) is 3.96. The van der Waals surface area contributed by atoms with Gasteiger partial charge in [-0.1, -0.05) is 23.7 Å². The summed E-state index contributed by atoms with van der Waals surface area (Å²) in [5.41, 5.74) is 5.19. The number of ether oxygens (including phenoxy) is 1. The second kappa shape index (κ2) is 9.75. The standard InChI is InChI=1S/C21H23ClN4O3.ClH/c1-13-4-5-14(9-17(13)22)20-15(11-23-6-8-29-20)12-26-7-2-3-16(21(26)28)18-10-19(27)25-24-18;/h2-5,7,9,15,20,23H,6,8,10-12H2,1H3,(H,25,27);1H/t15-,20-;/m1./s1. The summed E-state index contributed by atoms with van der Waals surface area (Å²) in [7, 11) is 0. The van der Waals surface area contributed by atoms with E-state index in [0.717, 1.165) is 17.7 Å². The highest BCUT2D eigenvalue weighted by atomic mass is 35.5. The fraction of sp³-hybridized carbons (Fsp3) is 0.381. The number of carbonyl (C=O) groups is 1. The predicted molar refractivity (Wildman–Crippen MR) is 118 cm³/mol. The summed E-state index contributed by atoms with van der Waals surface area (Å²) in [6, 6.07) is 9.49. The van der Waals surface area contributed by atoms with Gasteiger partial charge in [0.25, 0.3) is 5.56 Å². The molecule has 1 aromatic carbocycles. The molecule has 1 fully saturated rings. The molecule has 1 aromatic heterocycles. The molecule has 2 aromatic rings. The van der Waals surface area contributed by atoms with Crippen LogP contribution in [-0.2, 0) is 16.1 Å². The maximum Gasteiger partial charge on any atom is 0.259 e. The number of hydrogen-bond donors (Lipinski definition) is 2. The lowest BCUT2D eigenvalue weighted by Crippen LogP contribution is -2.33. The van der Waals surface area contributed by atoms with Crippen LogP contribution in [0.3, 0.4) is 0 Å². The normalized spacial score (nSPS) is 21.4. The van der Waals surface area contributed by atoms with Gasteiger partial charge in [-0.2, -0.15) is 5.10 Å². The minimum atomic E-state index is -0.201. The summed E-state index contributed by atoms with van der Waals surface area (Å²) >= 11 is 6.34. The number of pyridine rings is 1. The second-order valence-corrected chi connectivity index (χ2v) is 7.82. The molecule has 2 N–H and O–H groups in total. The van der Waals surface area contributed by atoms with Crippen molar-refractivity contribution in [2.45, 2.75) is 26.0 Å². The van der Waals surface area contributed by atoms with Crippen molar-refractivity contribution < 1.29 is 9.53 Å². The zero-order valence-electron chi connectivity index (χ0n) is 16.6. The third-order valence-corrected chi connectivity index (χ3v) is 5.75. The van der Waals surface area contributed by atoms with E-state index in [9.17, 15) is 9.59 Å². The summed E-state index contributed by atoms with van der Waals surface area (Å²) in [6.07, 6.45) is 1.71. The third-order valence-electron chi connectivity index (χ3n) is 5.34. The maximum atomic E-state index is 13.0. The van der Waals surface area contributed by atoms with Crippen molar-refractivity contribution in [1.29, 1.82) is 0 Å². The maximum absolute atomic E-state index is 13.0. The van der Waals surface area contributed by atoms with Crippen LogP contribution < -0.4 is 16.3 Å². The second-order valence-electron chi connectivity index (χ2n) is 7.41. The van der Waals surface area contributed by atoms with Gasteiger partial charge in [-0.15, -0.1) is 12.4 Å². The SMILES string of the molecule is Cc1ccc([C@H]2OCCNC[C@@H]2Cn2cccc(C3=NNC(=O)C3)c2=O)cc1Cl.Cl. The van der Waals surface area contributed by atoms with Gasteiger partial charge < -0.3 is 14.6 Å². The number of hydrazone groups is 1. The largest absolute Gasteiger partial charge is 0.372 e. The Morgan fingerprint density at radius 1 is 1.30 bits per heavy atom. The van der Waals surface area contributed by atoms with Crippen LogP contribution in [-0.4, -0.2) is 35.9 Å². The molecular weight excluding hydrogens is 427 g/mol. The molecule has 0 spiro atoms. The molecule has 7 nitrogen and oxygen atoms in total. The van der Waals surface area contributed by atoms with Crippen molar-refractivity contribution in [3.05, 3.63) is 68.6 Å². The van der Waals surface area contributed by atoms with Crippen molar-refractivity contribution in [3.63, 3.8) is 0 Å². The summed E-state index contributed by atoms with van der Waals surface area (Å²) < 4.78 is 7.81. The van der Waals surface area contributed by atoms with Crippen LogP contribution in [0.5, 0.6) is 0 Å². The summed E-state index contributed by atoms with van der Waals surface area (Å²) in [4.78, 5) is 24.5. The predicted octanol–water partition coefficient (Wildman–Crippen LogP) is 2.43. The average Bonchev–Trinajstić information content (AvgIpc) is 3.00. The Balaban J connectivity index is 0.00000256. The topological polar surface area (TPSA) is 84.7 Å². The Morgan fingerprint density at radius 3 is 2.87 bits per heavy atom. The van der Waals surface area contributed by atoms with E-state index in [1.54, 1.807) is 16.8 Å². The first-order valence-electron chi connectivity index (χ1n) is 9.66. The molecule has 2 aliphatic heterocycles. The first-order chi connectivity index (χ1) is 14.0. The molecule has 9 heteroatoms.